The molecule has 1 aromatic rings. The normalized spacial score (nSPS) is 18.3. The van der Waals surface area contributed by atoms with Crippen LogP contribution in [0.3, 0.4) is 0 Å². The summed E-state index contributed by atoms with van der Waals surface area (Å²) in [5, 5.41) is 0. The fourth-order valence-corrected chi connectivity index (χ4v) is 5.55. The van der Waals surface area contributed by atoms with Crippen molar-refractivity contribution >= 4 is 18.9 Å². The van der Waals surface area contributed by atoms with Crippen LogP contribution in [0.15, 0.2) is 12.1 Å². The average Bonchev–Trinajstić information content (AvgIpc) is 3.10. The predicted octanol–water partition coefficient (Wildman–Crippen LogP) is 5.03. The lowest BCUT2D eigenvalue weighted by atomic mass is 9.94. The van der Waals surface area contributed by atoms with Crippen LogP contribution in [0.1, 0.15) is 80.9 Å². The van der Waals surface area contributed by atoms with Crippen LogP contribution in [-0.2, 0) is 22.1 Å². The first kappa shape index (κ1) is 24.0. The van der Waals surface area contributed by atoms with E-state index in [2.05, 4.69) is 12.1 Å². The molecular formula is C21H38NO4PS. The molecule has 1 saturated carbocycles. The molecule has 5 nitrogen and oxygen atoms in total. The van der Waals surface area contributed by atoms with E-state index in [1.165, 1.54) is 54.7 Å². The van der Waals surface area contributed by atoms with E-state index < -0.39 is 13.1 Å². The summed E-state index contributed by atoms with van der Waals surface area (Å²) in [4.78, 5) is 20.8. The molecule has 1 unspecified atom stereocenters. The summed E-state index contributed by atoms with van der Waals surface area (Å²) >= 11 is 1.84. The Morgan fingerprint density at radius 1 is 1.11 bits per heavy atom. The summed E-state index contributed by atoms with van der Waals surface area (Å²) in [6.45, 7) is 2.79. The molecule has 1 fully saturated rings. The molecule has 1 aliphatic carbocycles. The van der Waals surface area contributed by atoms with Gasteiger partial charge in [0, 0.05) is 21.9 Å². The number of unbranched alkanes of at least 4 members (excludes halogenated alkanes) is 2. The topological polar surface area (TPSA) is 92.8 Å². The van der Waals surface area contributed by atoms with Gasteiger partial charge in [0.05, 0.1) is 12.3 Å². The summed E-state index contributed by atoms with van der Waals surface area (Å²) in [5.41, 5.74) is 5.67. The Balaban J connectivity index is 1.57. The van der Waals surface area contributed by atoms with Crippen LogP contribution in [0.4, 0.5) is 0 Å². The van der Waals surface area contributed by atoms with E-state index in [1.807, 2.05) is 18.3 Å². The number of thiophene rings is 1. The Bertz CT molecular complexity index is 607. The smallest absolute Gasteiger partial charge is 0.325 e. The van der Waals surface area contributed by atoms with Gasteiger partial charge >= 0.3 is 7.60 Å². The maximum atomic E-state index is 11.0. The van der Waals surface area contributed by atoms with Gasteiger partial charge in [-0.2, -0.15) is 0 Å². The van der Waals surface area contributed by atoms with Gasteiger partial charge in [-0.25, -0.2) is 0 Å². The third-order valence-corrected chi connectivity index (χ3v) is 7.62. The number of rotatable bonds is 13. The van der Waals surface area contributed by atoms with Gasteiger partial charge in [-0.3, -0.25) is 4.57 Å². The van der Waals surface area contributed by atoms with E-state index in [4.69, 9.17) is 20.3 Å². The van der Waals surface area contributed by atoms with Gasteiger partial charge in [0.15, 0.2) is 0 Å². The van der Waals surface area contributed by atoms with E-state index in [1.54, 1.807) is 0 Å². The van der Waals surface area contributed by atoms with Crippen LogP contribution in [0.25, 0.3) is 0 Å². The molecular weight excluding hydrogens is 393 g/mol. The zero-order chi connectivity index (χ0) is 20.5. The van der Waals surface area contributed by atoms with Crippen LogP contribution < -0.4 is 5.73 Å². The van der Waals surface area contributed by atoms with Crippen LogP contribution in [0, 0.1) is 0 Å². The van der Waals surface area contributed by atoms with Crippen molar-refractivity contribution in [2.24, 2.45) is 5.73 Å². The molecule has 7 heteroatoms. The van der Waals surface area contributed by atoms with Gasteiger partial charge in [-0.15, -0.1) is 11.3 Å². The number of ether oxygens (including phenoxy) is 1. The lowest BCUT2D eigenvalue weighted by molar-refractivity contribution is 0.0263. The minimum atomic E-state index is -3.97. The first-order chi connectivity index (χ1) is 13.2. The zero-order valence-electron chi connectivity index (χ0n) is 17.3. The average molecular weight is 432 g/mol. The fourth-order valence-electron chi connectivity index (χ4n) is 3.69. The minimum Gasteiger partial charge on any atom is -0.378 e. The summed E-state index contributed by atoms with van der Waals surface area (Å²) in [6.07, 6.45) is 13.6. The van der Waals surface area contributed by atoms with Gasteiger partial charge in [0.2, 0.25) is 0 Å². The van der Waals surface area contributed by atoms with Crippen LogP contribution in [0.5, 0.6) is 0 Å². The Morgan fingerprint density at radius 3 is 2.46 bits per heavy atom. The van der Waals surface area contributed by atoms with Crippen LogP contribution >= 0.6 is 18.9 Å². The molecule has 0 aromatic carbocycles. The molecule has 0 amide bonds. The Hall–Kier alpha value is -0.230. The number of hydrogen-bond acceptors (Lipinski definition) is 4. The lowest BCUT2D eigenvalue weighted by Crippen LogP contribution is -2.37. The minimum absolute atomic E-state index is 0.139. The molecule has 0 bridgehead atoms. The van der Waals surface area contributed by atoms with E-state index in [0.717, 1.165) is 32.3 Å². The molecule has 0 spiro atoms. The van der Waals surface area contributed by atoms with E-state index in [9.17, 15) is 4.57 Å². The molecule has 0 saturated heterocycles. The van der Waals surface area contributed by atoms with Crippen molar-refractivity contribution in [1.82, 2.24) is 0 Å². The van der Waals surface area contributed by atoms with Crippen molar-refractivity contribution in [2.45, 2.75) is 95.6 Å². The highest BCUT2D eigenvalue weighted by Crippen LogP contribution is 2.37. The summed E-state index contributed by atoms with van der Waals surface area (Å²) in [6, 6.07) is 4.38. The molecule has 1 aliphatic rings. The lowest BCUT2D eigenvalue weighted by Gasteiger charge is -2.24. The molecule has 2 rings (SSSR count). The summed E-state index contributed by atoms with van der Waals surface area (Å²) in [7, 11) is -3.97. The molecule has 1 atom stereocenters. The van der Waals surface area contributed by atoms with Crippen molar-refractivity contribution in [3.63, 3.8) is 0 Å². The van der Waals surface area contributed by atoms with Crippen molar-refractivity contribution in [3.05, 3.63) is 21.9 Å². The molecule has 1 aromatic heterocycles. The van der Waals surface area contributed by atoms with Gasteiger partial charge in [0.25, 0.3) is 0 Å². The van der Waals surface area contributed by atoms with Gasteiger partial charge in [-0.05, 0) is 70.4 Å². The highest BCUT2D eigenvalue weighted by atomic mass is 32.1. The van der Waals surface area contributed by atoms with Crippen LogP contribution in [-0.4, -0.2) is 34.2 Å². The maximum Gasteiger partial charge on any atom is 0.325 e. The highest BCUT2D eigenvalue weighted by molar-refractivity contribution is 7.51. The monoisotopic (exact) mass is 431 g/mol. The number of nitrogens with two attached hydrogens (primary N) is 1. The predicted molar refractivity (Wildman–Crippen MR) is 117 cm³/mol. The van der Waals surface area contributed by atoms with Crippen molar-refractivity contribution in [3.8, 4) is 0 Å². The van der Waals surface area contributed by atoms with E-state index >= 15 is 0 Å². The highest BCUT2D eigenvalue weighted by Gasteiger charge is 2.23. The van der Waals surface area contributed by atoms with Crippen molar-refractivity contribution in [2.75, 3.05) is 12.8 Å². The second-order valence-electron chi connectivity index (χ2n) is 8.60. The standard InChI is InChI=1S/C21H38NO4PS/c1-21(22,15-17-27(23,24)25)14-13-20-12-11-19(28-20)10-6-3-7-16-26-18-8-4-2-5-9-18/h11-12,18H,2-10,13-17,22H2,1H3,(H2,23,24,25). The molecule has 4 N–H and O–H groups in total. The Labute approximate surface area is 174 Å². The van der Waals surface area contributed by atoms with Gasteiger partial charge in [-0.1, -0.05) is 25.7 Å². The Morgan fingerprint density at radius 2 is 1.79 bits per heavy atom. The molecule has 1 heterocycles. The maximum absolute atomic E-state index is 11.0. The molecule has 0 radical (unpaired) electrons. The van der Waals surface area contributed by atoms with E-state index in [-0.39, 0.29) is 6.16 Å². The third-order valence-electron chi connectivity index (χ3n) is 5.61. The van der Waals surface area contributed by atoms with Crippen molar-refractivity contribution < 1.29 is 19.1 Å². The molecule has 0 aliphatic heterocycles. The SMILES string of the molecule is CC(N)(CCc1ccc(CCCCCOC2CCCCC2)s1)CCP(=O)(O)O. The Kier molecular flexibility index (Phi) is 10.2. The molecule has 28 heavy (non-hydrogen) atoms. The van der Waals surface area contributed by atoms with Crippen molar-refractivity contribution in [1.29, 1.82) is 0 Å². The largest absolute Gasteiger partial charge is 0.378 e. The summed E-state index contributed by atoms with van der Waals surface area (Å²) in [5.74, 6) is 0. The van der Waals surface area contributed by atoms with E-state index in [0.29, 0.717) is 12.5 Å². The van der Waals surface area contributed by atoms with Gasteiger partial charge < -0.3 is 20.3 Å². The third kappa shape index (κ3) is 10.5. The second-order valence-corrected chi connectivity index (χ2v) is 11.6. The summed E-state index contributed by atoms with van der Waals surface area (Å²) < 4.78 is 17.0. The number of hydrogen-bond donors (Lipinski definition) is 3. The van der Waals surface area contributed by atoms with Gasteiger partial charge in [0.1, 0.15) is 0 Å². The second kappa shape index (κ2) is 11.8. The number of aryl methyl sites for hydroxylation is 2. The first-order valence-corrected chi connectivity index (χ1v) is 13.4. The quantitative estimate of drug-likeness (QED) is 0.301. The molecule has 162 valence electrons. The zero-order valence-corrected chi connectivity index (χ0v) is 19.0. The fraction of sp³-hybridized carbons (Fsp3) is 0.810. The first-order valence-electron chi connectivity index (χ1n) is 10.8. The van der Waals surface area contributed by atoms with Crippen LogP contribution in [0.2, 0.25) is 0 Å².